The number of hydrogen-bond donors (Lipinski definition) is 0. The molecule has 0 saturated carbocycles. The molecule has 4 aromatic rings. The minimum absolute atomic E-state index is 0.00898. The molecule has 0 aliphatic carbocycles. The lowest BCUT2D eigenvalue weighted by Crippen LogP contribution is -2.22. The number of thioether (sulfide) groups is 1. The van der Waals surface area contributed by atoms with Gasteiger partial charge in [-0.15, -0.1) is 17.9 Å². The van der Waals surface area contributed by atoms with E-state index in [9.17, 15) is 4.79 Å². The van der Waals surface area contributed by atoms with E-state index in [1.54, 1.807) is 22.4 Å². The number of nitrogens with zero attached hydrogens (tertiary/aromatic N) is 2. The molecule has 0 atom stereocenters. The van der Waals surface area contributed by atoms with Crippen molar-refractivity contribution >= 4 is 44.9 Å². The third kappa shape index (κ3) is 5.69. The number of aryl methyl sites for hydroxylation is 1. The van der Waals surface area contributed by atoms with Crippen molar-refractivity contribution in [3.8, 4) is 16.9 Å². The lowest BCUT2D eigenvalue weighted by molar-refractivity contribution is 0.310. The molecule has 0 bridgehead atoms. The summed E-state index contributed by atoms with van der Waals surface area (Å²) in [6.07, 6.45) is 3.62. The summed E-state index contributed by atoms with van der Waals surface area (Å²) in [4.78, 5) is 19.0. The molecular weight excluding hydrogens is 472 g/mol. The number of aromatic nitrogens is 2. The largest absolute Gasteiger partial charge is 0.494 e. The van der Waals surface area contributed by atoms with Gasteiger partial charge in [0.05, 0.1) is 12.0 Å². The summed E-state index contributed by atoms with van der Waals surface area (Å²) in [5, 5.41) is 4.16. The predicted octanol–water partition coefficient (Wildman–Crippen LogP) is 7.22. The Morgan fingerprint density at radius 3 is 2.64 bits per heavy atom. The third-order valence-electron chi connectivity index (χ3n) is 5.19. The van der Waals surface area contributed by atoms with Gasteiger partial charge in [0, 0.05) is 28.3 Å². The third-order valence-corrected chi connectivity index (χ3v) is 7.37. The van der Waals surface area contributed by atoms with E-state index in [1.807, 2.05) is 29.6 Å². The molecule has 7 heteroatoms. The predicted molar refractivity (Wildman–Crippen MR) is 141 cm³/mol. The molecule has 0 saturated heterocycles. The molecule has 4 nitrogen and oxygen atoms in total. The van der Waals surface area contributed by atoms with Crippen molar-refractivity contribution in [2.45, 2.75) is 31.5 Å². The normalized spacial score (nSPS) is 11.1. The van der Waals surface area contributed by atoms with Gasteiger partial charge in [-0.1, -0.05) is 59.3 Å². The van der Waals surface area contributed by atoms with Crippen molar-refractivity contribution in [3.63, 3.8) is 0 Å². The lowest BCUT2D eigenvalue weighted by atomic mass is 10.1. The average Bonchev–Trinajstić information content (AvgIpc) is 3.24. The van der Waals surface area contributed by atoms with Gasteiger partial charge in [-0.05, 0) is 49.6 Å². The summed E-state index contributed by atoms with van der Waals surface area (Å²) < 4.78 is 7.48. The fraction of sp³-hybridized carbons (Fsp3) is 0.231. The number of ether oxygens (including phenoxy) is 1. The van der Waals surface area contributed by atoms with E-state index in [0.717, 1.165) is 45.5 Å². The van der Waals surface area contributed by atoms with Crippen LogP contribution in [0.1, 0.15) is 18.4 Å². The standard InChI is InChI=1S/C26H25ClN2O2S2/c1-3-14-29-25(30)23-22(19-8-6-18(2)7-9-19)17-33-24(23)28-26(29)32-16-5-4-15-31-21-12-10-20(27)11-13-21/h3,6-13,17H,1,4-5,14-16H2,2H3. The molecule has 0 fully saturated rings. The summed E-state index contributed by atoms with van der Waals surface area (Å²) in [5.74, 6) is 1.68. The highest BCUT2D eigenvalue weighted by Gasteiger charge is 2.17. The second-order valence-corrected chi connectivity index (χ2v) is 10.0. The number of thiophene rings is 1. The monoisotopic (exact) mass is 496 g/mol. The molecule has 0 amide bonds. The van der Waals surface area contributed by atoms with Crippen LogP contribution in [0.4, 0.5) is 0 Å². The van der Waals surface area contributed by atoms with E-state index < -0.39 is 0 Å². The molecule has 0 spiro atoms. The molecule has 0 N–H and O–H groups in total. The summed E-state index contributed by atoms with van der Waals surface area (Å²) in [7, 11) is 0. The number of fused-ring (bicyclic) bond motifs is 1. The van der Waals surface area contributed by atoms with Gasteiger partial charge in [-0.2, -0.15) is 0 Å². The van der Waals surface area contributed by atoms with Gasteiger partial charge in [0.25, 0.3) is 5.56 Å². The Balaban J connectivity index is 1.45. The highest BCUT2D eigenvalue weighted by Crippen LogP contribution is 2.32. The van der Waals surface area contributed by atoms with Gasteiger partial charge in [0.15, 0.2) is 5.16 Å². The topological polar surface area (TPSA) is 44.1 Å². The molecule has 2 aromatic carbocycles. The minimum atomic E-state index is -0.00898. The van der Waals surface area contributed by atoms with E-state index in [1.165, 1.54) is 16.9 Å². The van der Waals surface area contributed by atoms with E-state index in [-0.39, 0.29) is 5.56 Å². The molecule has 170 valence electrons. The van der Waals surface area contributed by atoms with E-state index in [4.69, 9.17) is 21.3 Å². The zero-order valence-electron chi connectivity index (χ0n) is 18.4. The molecule has 2 aromatic heterocycles. The van der Waals surface area contributed by atoms with Crippen LogP contribution in [0.3, 0.4) is 0 Å². The fourth-order valence-electron chi connectivity index (χ4n) is 3.44. The average molecular weight is 497 g/mol. The van der Waals surface area contributed by atoms with Crippen LogP contribution in [0.5, 0.6) is 5.75 Å². The Hall–Kier alpha value is -2.54. The summed E-state index contributed by atoms with van der Waals surface area (Å²) >= 11 is 9.03. The van der Waals surface area contributed by atoms with Crippen molar-refractivity contribution in [1.82, 2.24) is 9.55 Å². The van der Waals surface area contributed by atoms with Crippen LogP contribution in [0.25, 0.3) is 21.3 Å². The second kappa shape index (κ2) is 11.1. The van der Waals surface area contributed by atoms with E-state index in [0.29, 0.717) is 23.6 Å². The molecule has 0 radical (unpaired) electrons. The van der Waals surface area contributed by atoms with Crippen LogP contribution >= 0.6 is 34.7 Å². The quantitative estimate of drug-likeness (QED) is 0.100. The number of benzene rings is 2. The van der Waals surface area contributed by atoms with Gasteiger partial charge in [-0.3, -0.25) is 9.36 Å². The van der Waals surface area contributed by atoms with Crippen molar-refractivity contribution in [2.24, 2.45) is 0 Å². The number of unbranched alkanes of at least 4 members (excludes halogenated alkanes) is 1. The van der Waals surface area contributed by atoms with Crippen molar-refractivity contribution in [2.75, 3.05) is 12.4 Å². The highest BCUT2D eigenvalue weighted by molar-refractivity contribution is 7.99. The van der Waals surface area contributed by atoms with Gasteiger partial charge < -0.3 is 4.74 Å². The van der Waals surface area contributed by atoms with Crippen LogP contribution in [-0.4, -0.2) is 21.9 Å². The van der Waals surface area contributed by atoms with Crippen LogP contribution in [0, 0.1) is 6.92 Å². The van der Waals surface area contributed by atoms with Crippen molar-refractivity contribution in [3.05, 3.63) is 87.5 Å². The van der Waals surface area contributed by atoms with Crippen LogP contribution < -0.4 is 10.3 Å². The lowest BCUT2D eigenvalue weighted by Gasteiger charge is -2.11. The first-order valence-electron chi connectivity index (χ1n) is 10.8. The first-order chi connectivity index (χ1) is 16.1. The molecular formula is C26H25ClN2O2S2. The summed E-state index contributed by atoms with van der Waals surface area (Å²) in [5.41, 5.74) is 3.17. The minimum Gasteiger partial charge on any atom is -0.494 e. The molecule has 0 unspecified atom stereocenters. The fourth-order valence-corrected chi connectivity index (χ4v) is 5.56. The van der Waals surface area contributed by atoms with E-state index >= 15 is 0 Å². The maximum Gasteiger partial charge on any atom is 0.263 e. The van der Waals surface area contributed by atoms with Crippen molar-refractivity contribution in [1.29, 1.82) is 0 Å². The highest BCUT2D eigenvalue weighted by atomic mass is 35.5. The Morgan fingerprint density at radius 1 is 1.15 bits per heavy atom. The Labute approximate surface area is 206 Å². The zero-order chi connectivity index (χ0) is 23.2. The number of rotatable bonds is 10. The Kier molecular flexibility index (Phi) is 7.91. The summed E-state index contributed by atoms with van der Waals surface area (Å²) in [6.45, 7) is 6.96. The van der Waals surface area contributed by atoms with Crippen LogP contribution in [0.15, 0.2) is 76.5 Å². The Bertz CT molecular complexity index is 1300. The van der Waals surface area contributed by atoms with Crippen molar-refractivity contribution < 1.29 is 4.74 Å². The molecule has 0 aliphatic heterocycles. The maximum absolute atomic E-state index is 13.4. The molecule has 2 heterocycles. The number of halogens is 1. The van der Waals surface area contributed by atoms with Gasteiger partial charge >= 0.3 is 0 Å². The number of allylic oxidation sites excluding steroid dienone is 1. The first-order valence-corrected chi connectivity index (χ1v) is 13.0. The van der Waals surface area contributed by atoms with Crippen LogP contribution in [0.2, 0.25) is 5.02 Å². The Morgan fingerprint density at radius 2 is 1.91 bits per heavy atom. The molecule has 0 aliphatic rings. The smallest absolute Gasteiger partial charge is 0.263 e. The summed E-state index contributed by atoms with van der Waals surface area (Å²) in [6, 6.07) is 15.6. The van der Waals surface area contributed by atoms with Gasteiger partial charge in [-0.25, -0.2) is 4.98 Å². The second-order valence-electron chi connectivity index (χ2n) is 7.65. The maximum atomic E-state index is 13.4. The SMILES string of the molecule is C=CCn1c(SCCCCOc2ccc(Cl)cc2)nc2scc(-c3ccc(C)cc3)c2c1=O. The van der Waals surface area contributed by atoms with Gasteiger partial charge in [0.2, 0.25) is 0 Å². The van der Waals surface area contributed by atoms with E-state index in [2.05, 4.69) is 37.8 Å². The zero-order valence-corrected chi connectivity index (χ0v) is 20.8. The van der Waals surface area contributed by atoms with Crippen LogP contribution in [-0.2, 0) is 6.54 Å². The van der Waals surface area contributed by atoms with Gasteiger partial charge in [0.1, 0.15) is 10.6 Å². The first kappa shape index (κ1) is 23.6. The molecule has 4 rings (SSSR count). The molecule has 33 heavy (non-hydrogen) atoms. The number of hydrogen-bond acceptors (Lipinski definition) is 5.